The van der Waals surface area contributed by atoms with Crippen molar-refractivity contribution in [1.82, 2.24) is 9.80 Å². The van der Waals surface area contributed by atoms with Crippen molar-refractivity contribution >= 4 is 40.1 Å². The minimum absolute atomic E-state index is 0.232. The standard InChI is InChI=1S/C27H29ClN4O3/c1-17-12-13-31(23(26(30)34)15-19-8-4-7-18-6-2-3-11-22(18)19)27(35)25(32(17)24(33)16-29)20-9-5-10-21(28)14-20/h2-11,14,17,23,25H,12-13,15-16,29H2,1H3,(H2,30,34). The Morgan fingerprint density at radius 2 is 1.80 bits per heavy atom. The van der Waals surface area contributed by atoms with E-state index < -0.39 is 18.0 Å². The van der Waals surface area contributed by atoms with E-state index in [0.29, 0.717) is 17.0 Å². The van der Waals surface area contributed by atoms with Gasteiger partial charge in [-0.2, -0.15) is 0 Å². The number of nitrogens with two attached hydrogens (primary N) is 2. The zero-order valence-electron chi connectivity index (χ0n) is 19.6. The van der Waals surface area contributed by atoms with Crippen LogP contribution in [-0.2, 0) is 20.8 Å². The van der Waals surface area contributed by atoms with Crippen LogP contribution in [0.15, 0.2) is 66.7 Å². The molecule has 1 fully saturated rings. The lowest BCUT2D eigenvalue weighted by molar-refractivity contribution is -0.148. The highest BCUT2D eigenvalue weighted by atomic mass is 35.5. The van der Waals surface area contributed by atoms with Gasteiger partial charge in [0.1, 0.15) is 12.1 Å². The predicted molar refractivity (Wildman–Crippen MR) is 137 cm³/mol. The van der Waals surface area contributed by atoms with Crippen molar-refractivity contribution in [3.8, 4) is 0 Å². The normalized spacial score (nSPS) is 19.5. The molecule has 0 radical (unpaired) electrons. The van der Waals surface area contributed by atoms with Crippen molar-refractivity contribution < 1.29 is 14.4 Å². The van der Waals surface area contributed by atoms with Crippen LogP contribution in [0, 0.1) is 0 Å². The molecule has 0 saturated carbocycles. The quantitative estimate of drug-likeness (QED) is 0.551. The predicted octanol–water partition coefficient (Wildman–Crippen LogP) is 3.04. The number of fused-ring (bicyclic) bond motifs is 1. The fourth-order valence-corrected chi connectivity index (χ4v) is 5.13. The van der Waals surface area contributed by atoms with Crippen molar-refractivity contribution in [2.45, 2.75) is 37.9 Å². The van der Waals surface area contributed by atoms with Gasteiger partial charge in [-0.1, -0.05) is 66.2 Å². The van der Waals surface area contributed by atoms with Gasteiger partial charge in [0.25, 0.3) is 5.91 Å². The van der Waals surface area contributed by atoms with Crippen molar-refractivity contribution in [3.05, 3.63) is 82.9 Å². The number of rotatable bonds is 6. The summed E-state index contributed by atoms with van der Waals surface area (Å²) in [7, 11) is 0. The van der Waals surface area contributed by atoms with Crippen LogP contribution in [0.25, 0.3) is 10.8 Å². The smallest absolute Gasteiger partial charge is 0.250 e. The van der Waals surface area contributed by atoms with E-state index in [0.717, 1.165) is 16.3 Å². The lowest BCUT2D eigenvalue weighted by Gasteiger charge is -2.35. The highest BCUT2D eigenvalue weighted by molar-refractivity contribution is 6.30. The topological polar surface area (TPSA) is 110 Å². The lowest BCUT2D eigenvalue weighted by Crippen LogP contribution is -2.52. The Labute approximate surface area is 209 Å². The van der Waals surface area contributed by atoms with E-state index in [4.69, 9.17) is 23.1 Å². The average molecular weight is 493 g/mol. The summed E-state index contributed by atoms with van der Waals surface area (Å²) in [5.74, 6) is -1.31. The molecule has 3 unspecified atom stereocenters. The summed E-state index contributed by atoms with van der Waals surface area (Å²) in [6, 6.07) is 18.5. The van der Waals surface area contributed by atoms with Crippen molar-refractivity contribution in [2.75, 3.05) is 13.1 Å². The number of hydrogen-bond donors (Lipinski definition) is 2. The number of halogens is 1. The summed E-state index contributed by atoms with van der Waals surface area (Å²) >= 11 is 6.24. The zero-order valence-corrected chi connectivity index (χ0v) is 20.3. The van der Waals surface area contributed by atoms with E-state index in [1.807, 2.05) is 49.4 Å². The molecule has 1 heterocycles. The Bertz CT molecular complexity index is 1260. The second-order valence-electron chi connectivity index (χ2n) is 8.89. The van der Waals surface area contributed by atoms with E-state index in [-0.39, 0.29) is 37.4 Å². The molecular formula is C27H29ClN4O3. The van der Waals surface area contributed by atoms with Crippen LogP contribution in [-0.4, -0.2) is 52.7 Å². The van der Waals surface area contributed by atoms with Gasteiger partial charge >= 0.3 is 0 Å². The first-order valence-corrected chi connectivity index (χ1v) is 12.0. The van der Waals surface area contributed by atoms with Crippen LogP contribution in [0.2, 0.25) is 5.02 Å². The Balaban J connectivity index is 1.77. The number of amides is 3. The van der Waals surface area contributed by atoms with Crippen molar-refractivity contribution in [3.63, 3.8) is 0 Å². The minimum atomic E-state index is -0.961. The van der Waals surface area contributed by atoms with Crippen LogP contribution in [0.5, 0.6) is 0 Å². The first-order chi connectivity index (χ1) is 16.8. The van der Waals surface area contributed by atoms with Crippen LogP contribution in [0.3, 0.4) is 0 Å². The maximum Gasteiger partial charge on any atom is 0.250 e. The van der Waals surface area contributed by atoms with Gasteiger partial charge in [-0.05, 0) is 47.4 Å². The van der Waals surface area contributed by atoms with Gasteiger partial charge in [0.05, 0.1) is 6.54 Å². The molecule has 1 saturated heterocycles. The Morgan fingerprint density at radius 3 is 2.51 bits per heavy atom. The van der Waals surface area contributed by atoms with Gasteiger partial charge < -0.3 is 21.3 Å². The van der Waals surface area contributed by atoms with Crippen LogP contribution < -0.4 is 11.5 Å². The third kappa shape index (κ3) is 5.01. The zero-order chi connectivity index (χ0) is 25.1. The Hall–Kier alpha value is -3.42. The molecule has 0 bridgehead atoms. The van der Waals surface area contributed by atoms with Gasteiger partial charge in [0, 0.05) is 24.0 Å². The average Bonchev–Trinajstić information content (AvgIpc) is 2.97. The van der Waals surface area contributed by atoms with Crippen molar-refractivity contribution in [2.24, 2.45) is 11.5 Å². The molecule has 3 aromatic carbocycles. The molecule has 182 valence electrons. The summed E-state index contributed by atoms with van der Waals surface area (Å²) in [5.41, 5.74) is 13.1. The molecule has 3 atom stereocenters. The monoisotopic (exact) mass is 492 g/mol. The van der Waals surface area contributed by atoms with Gasteiger partial charge in [0.2, 0.25) is 11.8 Å². The Morgan fingerprint density at radius 1 is 1.09 bits per heavy atom. The summed E-state index contributed by atoms with van der Waals surface area (Å²) in [6.45, 7) is 1.93. The highest BCUT2D eigenvalue weighted by Crippen LogP contribution is 2.33. The summed E-state index contributed by atoms with van der Waals surface area (Å²) in [5, 5.41) is 2.49. The number of benzene rings is 3. The third-order valence-electron chi connectivity index (χ3n) is 6.68. The lowest BCUT2D eigenvalue weighted by atomic mass is 9.96. The van der Waals surface area contributed by atoms with Crippen LogP contribution in [0.4, 0.5) is 0 Å². The molecule has 1 aliphatic rings. The molecule has 4 N–H and O–H groups in total. The van der Waals surface area contributed by atoms with Gasteiger partial charge in [-0.25, -0.2) is 0 Å². The molecule has 3 aromatic rings. The van der Waals surface area contributed by atoms with Gasteiger partial charge in [-0.3, -0.25) is 14.4 Å². The first kappa shape index (κ1) is 24.7. The fourth-order valence-electron chi connectivity index (χ4n) is 4.93. The Kier molecular flexibility index (Phi) is 7.38. The number of nitrogens with zero attached hydrogens (tertiary/aromatic N) is 2. The van der Waals surface area contributed by atoms with Crippen molar-refractivity contribution in [1.29, 1.82) is 0 Å². The summed E-state index contributed by atoms with van der Waals surface area (Å²) in [6.07, 6.45) is 0.748. The molecule has 0 spiro atoms. The minimum Gasteiger partial charge on any atom is -0.368 e. The third-order valence-corrected chi connectivity index (χ3v) is 6.92. The maximum atomic E-state index is 14.1. The molecule has 1 aliphatic heterocycles. The summed E-state index contributed by atoms with van der Waals surface area (Å²) in [4.78, 5) is 42.8. The molecule has 7 nitrogen and oxygen atoms in total. The van der Waals surface area contributed by atoms with E-state index >= 15 is 0 Å². The first-order valence-electron chi connectivity index (χ1n) is 11.6. The van der Waals surface area contributed by atoms with E-state index in [1.165, 1.54) is 9.80 Å². The molecule has 4 rings (SSSR count). The molecule has 0 aromatic heterocycles. The van der Waals surface area contributed by atoms with E-state index in [2.05, 4.69) is 0 Å². The second kappa shape index (κ2) is 10.5. The van der Waals surface area contributed by atoms with Crippen LogP contribution >= 0.6 is 11.6 Å². The SMILES string of the molecule is CC1CCN(C(Cc2cccc3ccccc23)C(N)=O)C(=O)C(c2cccc(Cl)c2)N1C(=O)CN. The number of hydrogen-bond acceptors (Lipinski definition) is 4. The molecule has 0 aliphatic carbocycles. The van der Waals surface area contributed by atoms with E-state index in [1.54, 1.807) is 24.3 Å². The summed E-state index contributed by atoms with van der Waals surface area (Å²) < 4.78 is 0. The number of primary amides is 1. The van der Waals surface area contributed by atoms with Gasteiger partial charge in [0.15, 0.2) is 0 Å². The number of carbonyl (C=O) groups is 3. The second-order valence-corrected chi connectivity index (χ2v) is 9.33. The largest absolute Gasteiger partial charge is 0.368 e. The number of carbonyl (C=O) groups excluding carboxylic acids is 3. The maximum absolute atomic E-state index is 14.1. The molecular weight excluding hydrogens is 464 g/mol. The highest BCUT2D eigenvalue weighted by Gasteiger charge is 2.42. The molecule has 8 heteroatoms. The fraction of sp³-hybridized carbons (Fsp3) is 0.296. The molecule has 35 heavy (non-hydrogen) atoms. The van der Waals surface area contributed by atoms with Crippen LogP contribution in [0.1, 0.15) is 30.5 Å². The van der Waals surface area contributed by atoms with Gasteiger partial charge in [-0.15, -0.1) is 0 Å². The van der Waals surface area contributed by atoms with E-state index in [9.17, 15) is 14.4 Å². The molecule has 3 amide bonds.